The lowest BCUT2D eigenvalue weighted by molar-refractivity contribution is -0.140. The predicted octanol–water partition coefficient (Wildman–Crippen LogP) is 5.55. The molecule has 2 fully saturated rings. The molecule has 2 amide bonds. The fraction of sp³-hybridized carbons (Fsp3) is 0.500. The van der Waals surface area contributed by atoms with Gasteiger partial charge in [0.25, 0.3) is 5.91 Å². The highest BCUT2D eigenvalue weighted by molar-refractivity contribution is 7.95. The minimum atomic E-state index is -0.154. The predicted molar refractivity (Wildman–Crippen MR) is 162 cm³/mol. The molecule has 2 bridgehead atoms. The zero-order valence-electron chi connectivity index (χ0n) is 23.6. The number of carbonyl (C=O) groups excluding carboxylic acids is 2. The van der Waals surface area contributed by atoms with Gasteiger partial charge in [-0.1, -0.05) is 55.7 Å². The van der Waals surface area contributed by atoms with Gasteiger partial charge in [-0.25, -0.2) is 4.31 Å². The van der Waals surface area contributed by atoms with Crippen LogP contribution >= 0.6 is 12.1 Å². The van der Waals surface area contributed by atoms with Gasteiger partial charge in [0, 0.05) is 48.2 Å². The van der Waals surface area contributed by atoms with Crippen LogP contribution in [0.5, 0.6) is 0 Å². The summed E-state index contributed by atoms with van der Waals surface area (Å²) in [7, 11) is 3.81. The molecule has 8 heteroatoms. The summed E-state index contributed by atoms with van der Waals surface area (Å²) < 4.78 is 12.7. The Morgan fingerprint density at radius 1 is 1.07 bits per heavy atom. The van der Waals surface area contributed by atoms with E-state index in [1.54, 1.807) is 0 Å². The molecule has 2 unspecified atom stereocenters. The SMILES string of the molecule is CN(C)SNC(=O)c1ccc2c(C3CCCCC3)c3n(c2c1)CC(C(=O)N1CCOCC1)CC1C=CC=CC3=C1. The van der Waals surface area contributed by atoms with Gasteiger partial charge in [-0.3, -0.25) is 14.3 Å². The van der Waals surface area contributed by atoms with Crippen molar-refractivity contribution in [2.45, 2.75) is 51.0 Å². The van der Waals surface area contributed by atoms with Crippen molar-refractivity contribution >= 4 is 40.4 Å². The molecule has 40 heavy (non-hydrogen) atoms. The molecule has 3 heterocycles. The molecule has 2 atom stereocenters. The molecule has 2 aliphatic carbocycles. The smallest absolute Gasteiger partial charge is 0.262 e. The van der Waals surface area contributed by atoms with Crippen LogP contribution in [-0.2, 0) is 16.1 Å². The first-order valence-corrected chi connectivity index (χ1v) is 15.5. The number of benzene rings is 1. The Labute approximate surface area is 241 Å². The van der Waals surface area contributed by atoms with E-state index in [-0.39, 0.29) is 23.7 Å². The van der Waals surface area contributed by atoms with Crippen molar-refractivity contribution in [1.29, 1.82) is 0 Å². The number of allylic oxidation sites excluding steroid dienone is 6. The fourth-order valence-corrected chi connectivity index (χ4v) is 7.25. The van der Waals surface area contributed by atoms with E-state index in [1.807, 2.05) is 35.4 Å². The van der Waals surface area contributed by atoms with E-state index >= 15 is 0 Å². The van der Waals surface area contributed by atoms with Crippen molar-refractivity contribution in [3.8, 4) is 0 Å². The lowest BCUT2D eigenvalue weighted by Gasteiger charge is -2.33. The molecule has 212 valence electrons. The third-order valence-electron chi connectivity index (χ3n) is 8.74. The maximum atomic E-state index is 14.0. The summed E-state index contributed by atoms with van der Waals surface area (Å²) in [4.78, 5) is 29.1. The molecular weight excluding hydrogens is 520 g/mol. The van der Waals surface area contributed by atoms with Gasteiger partial charge in [0.15, 0.2) is 0 Å². The average Bonchev–Trinajstić information content (AvgIpc) is 3.10. The summed E-state index contributed by atoms with van der Waals surface area (Å²) >= 11 is 1.28. The van der Waals surface area contributed by atoms with Gasteiger partial charge in [0.1, 0.15) is 0 Å². The number of fused-ring (bicyclic) bond motifs is 5. The Balaban J connectivity index is 1.51. The molecule has 1 N–H and O–H groups in total. The lowest BCUT2D eigenvalue weighted by Crippen LogP contribution is -2.45. The summed E-state index contributed by atoms with van der Waals surface area (Å²) in [6.45, 7) is 3.12. The van der Waals surface area contributed by atoms with Crippen LogP contribution in [-0.4, -0.2) is 66.0 Å². The van der Waals surface area contributed by atoms with Crippen LogP contribution < -0.4 is 4.72 Å². The number of hydrogen-bond donors (Lipinski definition) is 1. The molecular formula is C32H40N4O3S. The highest BCUT2D eigenvalue weighted by Crippen LogP contribution is 2.45. The fourth-order valence-electron chi connectivity index (χ4n) is 6.87. The van der Waals surface area contributed by atoms with Gasteiger partial charge >= 0.3 is 0 Å². The Morgan fingerprint density at radius 2 is 1.88 bits per heavy atom. The number of ether oxygens (including phenoxy) is 1. The molecule has 2 aliphatic heterocycles. The molecule has 1 saturated carbocycles. The number of amides is 2. The zero-order chi connectivity index (χ0) is 27.6. The number of morpholine rings is 1. The first-order valence-electron chi connectivity index (χ1n) is 14.7. The van der Waals surface area contributed by atoms with Crippen LogP contribution in [0, 0.1) is 11.8 Å². The van der Waals surface area contributed by atoms with Crippen molar-refractivity contribution < 1.29 is 14.3 Å². The van der Waals surface area contributed by atoms with Gasteiger partial charge in [0.2, 0.25) is 5.91 Å². The highest BCUT2D eigenvalue weighted by Gasteiger charge is 2.34. The largest absolute Gasteiger partial charge is 0.378 e. The number of carbonyl (C=O) groups is 2. The Kier molecular flexibility index (Phi) is 8.19. The van der Waals surface area contributed by atoms with Gasteiger partial charge in [0.05, 0.1) is 24.8 Å². The highest BCUT2D eigenvalue weighted by atomic mass is 32.2. The molecule has 1 aromatic heterocycles. The molecule has 6 rings (SSSR count). The van der Waals surface area contributed by atoms with Gasteiger partial charge in [-0.05, 0) is 68.5 Å². The summed E-state index contributed by atoms with van der Waals surface area (Å²) in [5.74, 6) is 0.636. The maximum absolute atomic E-state index is 14.0. The third-order valence-corrected chi connectivity index (χ3v) is 9.39. The van der Waals surface area contributed by atoms with E-state index in [0.717, 1.165) is 11.9 Å². The summed E-state index contributed by atoms with van der Waals surface area (Å²) in [5, 5.41) is 1.22. The number of hydrogen-bond acceptors (Lipinski definition) is 5. The van der Waals surface area contributed by atoms with Crippen LogP contribution in [0.15, 0.2) is 48.6 Å². The minimum absolute atomic E-state index is 0.111. The average molecular weight is 561 g/mol. The van der Waals surface area contributed by atoms with Crippen molar-refractivity contribution in [3.05, 3.63) is 65.4 Å². The van der Waals surface area contributed by atoms with E-state index in [0.29, 0.717) is 44.3 Å². The molecule has 7 nitrogen and oxygen atoms in total. The standard InChI is InChI=1S/C32H40N4O3S/c1-34(2)40-33-31(37)25-12-13-27-28(20-25)36-21-26(32(38)35-14-16-39-17-15-35)19-22-8-6-7-11-24(18-22)30(36)29(27)23-9-4-3-5-10-23/h6-8,11-13,18,20,22-23,26H,3-5,9-10,14-17,19,21H2,1-2H3,(H,33,37). The number of rotatable bonds is 5. The first kappa shape index (κ1) is 27.4. The van der Waals surface area contributed by atoms with Crippen LogP contribution in [0.25, 0.3) is 16.5 Å². The molecule has 4 aliphatic rings. The molecule has 0 radical (unpaired) electrons. The van der Waals surface area contributed by atoms with Gasteiger partial charge in [-0.15, -0.1) is 0 Å². The van der Waals surface area contributed by atoms with Crippen molar-refractivity contribution in [2.75, 3.05) is 40.4 Å². The summed E-state index contributed by atoms with van der Waals surface area (Å²) in [5.41, 5.74) is 5.58. The zero-order valence-corrected chi connectivity index (χ0v) is 24.4. The van der Waals surface area contributed by atoms with Gasteiger partial charge in [-0.2, -0.15) is 0 Å². The third kappa shape index (κ3) is 5.54. The topological polar surface area (TPSA) is 66.8 Å². The Morgan fingerprint density at radius 3 is 2.65 bits per heavy atom. The molecule has 2 aromatic rings. The number of aromatic nitrogens is 1. The second kappa shape index (κ2) is 12.0. The second-order valence-electron chi connectivity index (χ2n) is 11.7. The van der Waals surface area contributed by atoms with E-state index in [1.165, 1.54) is 66.5 Å². The molecule has 1 aromatic carbocycles. The number of nitrogens with one attached hydrogen (secondary N) is 1. The van der Waals surface area contributed by atoms with Crippen molar-refractivity contribution in [1.82, 2.24) is 18.5 Å². The lowest BCUT2D eigenvalue weighted by atomic mass is 9.81. The van der Waals surface area contributed by atoms with Crippen LogP contribution in [0.4, 0.5) is 0 Å². The van der Waals surface area contributed by atoms with E-state index in [4.69, 9.17) is 4.74 Å². The van der Waals surface area contributed by atoms with Crippen LogP contribution in [0.3, 0.4) is 0 Å². The molecule has 1 saturated heterocycles. The monoisotopic (exact) mass is 560 g/mol. The van der Waals surface area contributed by atoms with Crippen molar-refractivity contribution in [2.24, 2.45) is 11.8 Å². The Bertz CT molecular complexity index is 1360. The van der Waals surface area contributed by atoms with Crippen molar-refractivity contribution in [3.63, 3.8) is 0 Å². The Hall–Kier alpha value is -2.81. The van der Waals surface area contributed by atoms with Crippen LogP contribution in [0.2, 0.25) is 0 Å². The normalized spacial score (nSPS) is 23.4. The summed E-state index contributed by atoms with van der Waals surface area (Å²) in [6, 6.07) is 6.17. The first-order chi connectivity index (χ1) is 19.5. The van der Waals surface area contributed by atoms with E-state index < -0.39 is 0 Å². The minimum Gasteiger partial charge on any atom is -0.378 e. The number of nitrogens with zero attached hydrogens (tertiary/aromatic N) is 3. The van der Waals surface area contributed by atoms with E-state index in [2.05, 4.69) is 45.7 Å². The molecule has 0 spiro atoms. The van der Waals surface area contributed by atoms with Crippen LogP contribution in [0.1, 0.15) is 66.1 Å². The van der Waals surface area contributed by atoms with E-state index in [9.17, 15) is 9.59 Å². The second-order valence-corrected chi connectivity index (χ2v) is 12.8. The summed E-state index contributed by atoms with van der Waals surface area (Å²) in [6.07, 6.45) is 18.0. The van der Waals surface area contributed by atoms with Gasteiger partial charge < -0.3 is 14.2 Å². The maximum Gasteiger partial charge on any atom is 0.262 e. The quantitative estimate of drug-likeness (QED) is 0.486.